The second-order valence-electron chi connectivity index (χ2n) is 8.09. The van der Waals surface area contributed by atoms with Crippen molar-refractivity contribution in [1.29, 1.82) is 10.7 Å². The van der Waals surface area contributed by atoms with Gasteiger partial charge in [0.15, 0.2) is 23.0 Å². The minimum absolute atomic E-state index is 0.0674. The van der Waals surface area contributed by atoms with E-state index in [4.69, 9.17) is 36.0 Å². The number of nitriles is 1. The van der Waals surface area contributed by atoms with Crippen LogP contribution in [0.25, 0.3) is 10.9 Å². The largest absolute Gasteiger partial charge is 0.493 e. The Kier molecular flexibility index (Phi) is 9.13. The van der Waals surface area contributed by atoms with Crippen LogP contribution in [0.4, 0.5) is 11.6 Å². The molecule has 3 aromatic heterocycles. The van der Waals surface area contributed by atoms with E-state index in [0.29, 0.717) is 38.9 Å². The van der Waals surface area contributed by atoms with Gasteiger partial charge >= 0.3 is 0 Å². The quantitative estimate of drug-likeness (QED) is 0.158. The zero-order valence-corrected chi connectivity index (χ0v) is 22.9. The van der Waals surface area contributed by atoms with Crippen LogP contribution in [0.1, 0.15) is 12.5 Å². The average Bonchev–Trinajstić information content (AvgIpc) is 2.99. The van der Waals surface area contributed by atoms with Crippen molar-refractivity contribution in [2.75, 3.05) is 31.5 Å². The van der Waals surface area contributed by atoms with Crippen LogP contribution in [0.2, 0.25) is 5.02 Å². The monoisotopic (exact) mass is 573 g/mol. The van der Waals surface area contributed by atoms with Crippen molar-refractivity contribution in [2.24, 2.45) is 0 Å². The Balaban J connectivity index is 1.46. The van der Waals surface area contributed by atoms with Gasteiger partial charge in [-0.2, -0.15) is 5.26 Å². The van der Waals surface area contributed by atoms with Gasteiger partial charge < -0.3 is 29.6 Å². The normalized spacial score (nSPS) is 10.9. The van der Waals surface area contributed by atoms with Gasteiger partial charge in [-0.3, -0.25) is 15.2 Å². The second kappa shape index (κ2) is 13.1. The van der Waals surface area contributed by atoms with Gasteiger partial charge in [0.25, 0.3) is 5.91 Å². The summed E-state index contributed by atoms with van der Waals surface area (Å²) < 4.78 is 22.2. The molecular weight excluding hydrogens is 550 g/mol. The molecule has 12 nitrogen and oxygen atoms in total. The van der Waals surface area contributed by atoms with Gasteiger partial charge in [0, 0.05) is 30.0 Å². The standard InChI is InChI=1S/C28H24ClN7O5/c1-4-40-24(15-35-27-16(12-30)9-17(29)13-34-27)26(31)28(37)36-25-6-5-18(14-33-25)41-21-7-8-32-20-11-23(39-3)22(38-2)10-19(20)21/h5-11,13-15,31H,4H2,1-3H3,(H,34,35)(H,33,36,37)/b24-15+,31-26?. The predicted octanol–water partition coefficient (Wildman–Crippen LogP) is 5.31. The highest BCUT2D eigenvalue weighted by molar-refractivity contribution is 6.47. The van der Waals surface area contributed by atoms with Crippen molar-refractivity contribution in [3.05, 3.63) is 77.5 Å². The molecule has 4 rings (SSSR count). The summed E-state index contributed by atoms with van der Waals surface area (Å²) in [6.45, 7) is 1.90. The summed E-state index contributed by atoms with van der Waals surface area (Å²) in [5.41, 5.74) is 0.367. The molecule has 3 N–H and O–H groups in total. The fraction of sp³-hybridized carbons (Fsp3) is 0.143. The number of halogens is 1. The van der Waals surface area contributed by atoms with Crippen LogP contribution in [-0.2, 0) is 9.53 Å². The van der Waals surface area contributed by atoms with Crippen molar-refractivity contribution < 1.29 is 23.7 Å². The molecule has 0 bridgehead atoms. The van der Waals surface area contributed by atoms with Crippen LogP contribution >= 0.6 is 11.6 Å². The molecule has 4 aromatic rings. The van der Waals surface area contributed by atoms with Crippen LogP contribution in [0.5, 0.6) is 23.0 Å². The molecule has 41 heavy (non-hydrogen) atoms. The lowest BCUT2D eigenvalue weighted by atomic mass is 10.2. The summed E-state index contributed by atoms with van der Waals surface area (Å²) in [4.78, 5) is 25.4. The zero-order chi connectivity index (χ0) is 29.4. The maximum atomic E-state index is 12.8. The van der Waals surface area contributed by atoms with Crippen LogP contribution in [0, 0.1) is 16.7 Å². The number of rotatable bonds is 11. The molecule has 0 aliphatic heterocycles. The predicted molar refractivity (Wildman–Crippen MR) is 153 cm³/mol. The smallest absolute Gasteiger partial charge is 0.278 e. The number of benzene rings is 1. The molecule has 0 saturated heterocycles. The molecule has 0 saturated carbocycles. The maximum Gasteiger partial charge on any atom is 0.278 e. The third-order valence-corrected chi connectivity index (χ3v) is 5.71. The first-order chi connectivity index (χ1) is 19.9. The Bertz CT molecular complexity index is 1670. The van der Waals surface area contributed by atoms with Crippen LogP contribution < -0.4 is 24.8 Å². The van der Waals surface area contributed by atoms with Gasteiger partial charge in [0.05, 0.1) is 43.1 Å². The number of anilines is 2. The number of hydrogen-bond acceptors (Lipinski definition) is 11. The lowest BCUT2D eigenvalue weighted by Crippen LogP contribution is -2.26. The molecule has 0 spiro atoms. The number of nitrogens with zero attached hydrogens (tertiary/aromatic N) is 4. The van der Waals surface area contributed by atoms with E-state index in [1.54, 1.807) is 51.6 Å². The second-order valence-corrected chi connectivity index (χ2v) is 8.53. The summed E-state index contributed by atoms with van der Waals surface area (Å²) in [6, 6.07) is 11.8. The summed E-state index contributed by atoms with van der Waals surface area (Å²) in [5.74, 6) is 1.55. The molecule has 0 radical (unpaired) electrons. The Hall–Kier alpha value is -5.41. The molecule has 208 valence electrons. The van der Waals surface area contributed by atoms with Gasteiger partial charge in [0.1, 0.15) is 29.2 Å². The number of methoxy groups -OCH3 is 2. The van der Waals surface area contributed by atoms with E-state index in [1.807, 2.05) is 6.07 Å². The molecule has 13 heteroatoms. The summed E-state index contributed by atoms with van der Waals surface area (Å²) in [6.07, 6.45) is 5.68. The average molecular weight is 574 g/mol. The van der Waals surface area contributed by atoms with Gasteiger partial charge in [-0.25, -0.2) is 9.97 Å². The Labute approximate surface area is 240 Å². The van der Waals surface area contributed by atoms with Gasteiger partial charge in [0.2, 0.25) is 0 Å². The van der Waals surface area contributed by atoms with E-state index in [9.17, 15) is 10.1 Å². The molecule has 1 amide bonds. The zero-order valence-electron chi connectivity index (χ0n) is 22.2. The summed E-state index contributed by atoms with van der Waals surface area (Å²) >= 11 is 5.88. The first-order valence-electron chi connectivity index (χ1n) is 12.1. The topological polar surface area (TPSA) is 164 Å². The van der Waals surface area contributed by atoms with E-state index < -0.39 is 11.6 Å². The van der Waals surface area contributed by atoms with Crippen molar-refractivity contribution in [2.45, 2.75) is 6.92 Å². The van der Waals surface area contributed by atoms with Crippen molar-refractivity contribution in [3.8, 4) is 29.1 Å². The number of carbonyl (C=O) groups excluding carboxylic acids is 1. The Morgan fingerprint density at radius 2 is 1.85 bits per heavy atom. The van der Waals surface area contributed by atoms with Gasteiger partial charge in [-0.1, -0.05) is 11.6 Å². The first-order valence-corrected chi connectivity index (χ1v) is 12.4. The number of ether oxygens (including phenoxy) is 4. The molecule has 0 atom stereocenters. The highest BCUT2D eigenvalue weighted by Gasteiger charge is 2.18. The van der Waals surface area contributed by atoms with Crippen molar-refractivity contribution in [1.82, 2.24) is 15.0 Å². The maximum absolute atomic E-state index is 12.8. The van der Waals surface area contributed by atoms with Crippen molar-refractivity contribution >= 4 is 45.8 Å². The van der Waals surface area contributed by atoms with Crippen LogP contribution in [0.15, 0.2) is 66.9 Å². The van der Waals surface area contributed by atoms with Crippen LogP contribution in [-0.4, -0.2) is 47.4 Å². The SMILES string of the molecule is CCO/C(=C/Nc1ncc(Cl)cc1C#N)C(=N)C(=O)Nc1ccc(Oc2ccnc3cc(OC)c(OC)cc23)cn1. The summed E-state index contributed by atoms with van der Waals surface area (Å²) in [5, 5.41) is 23.9. The third kappa shape index (κ3) is 6.78. The number of nitrogens with one attached hydrogen (secondary N) is 3. The highest BCUT2D eigenvalue weighted by Crippen LogP contribution is 2.36. The number of pyridine rings is 3. The number of fused-ring (bicyclic) bond motifs is 1. The lowest BCUT2D eigenvalue weighted by Gasteiger charge is -2.13. The molecule has 0 unspecified atom stereocenters. The van der Waals surface area contributed by atoms with E-state index in [1.165, 1.54) is 30.7 Å². The minimum atomic E-state index is -0.765. The minimum Gasteiger partial charge on any atom is -0.493 e. The number of amides is 1. The highest BCUT2D eigenvalue weighted by atomic mass is 35.5. The Morgan fingerprint density at radius 3 is 2.54 bits per heavy atom. The molecule has 0 fully saturated rings. The van der Waals surface area contributed by atoms with E-state index in [-0.39, 0.29) is 29.6 Å². The van der Waals surface area contributed by atoms with Gasteiger partial charge in [-0.05, 0) is 37.3 Å². The molecule has 0 aliphatic carbocycles. The van der Waals surface area contributed by atoms with Crippen LogP contribution in [0.3, 0.4) is 0 Å². The van der Waals surface area contributed by atoms with E-state index in [2.05, 4.69) is 25.6 Å². The van der Waals surface area contributed by atoms with E-state index in [0.717, 1.165) is 0 Å². The summed E-state index contributed by atoms with van der Waals surface area (Å²) in [7, 11) is 3.09. The number of carbonyl (C=O) groups is 1. The molecule has 1 aromatic carbocycles. The third-order valence-electron chi connectivity index (χ3n) is 5.50. The fourth-order valence-corrected chi connectivity index (χ4v) is 3.74. The molecule has 0 aliphatic rings. The lowest BCUT2D eigenvalue weighted by molar-refractivity contribution is -0.110. The molecular formula is C28H24ClN7O5. The Morgan fingerprint density at radius 1 is 1.07 bits per heavy atom. The number of hydrogen-bond donors (Lipinski definition) is 3. The van der Waals surface area contributed by atoms with Crippen molar-refractivity contribution in [3.63, 3.8) is 0 Å². The van der Waals surface area contributed by atoms with Gasteiger partial charge in [-0.15, -0.1) is 0 Å². The van der Waals surface area contributed by atoms with E-state index >= 15 is 0 Å². The molecule has 3 heterocycles. The number of aromatic nitrogens is 3. The first kappa shape index (κ1) is 28.6. The fourth-order valence-electron chi connectivity index (χ4n) is 3.58.